The number of nitro benzene ring substituents is 1. The van der Waals surface area contributed by atoms with Gasteiger partial charge in [-0.15, -0.1) is 0 Å². The first-order chi connectivity index (χ1) is 10.5. The zero-order chi connectivity index (χ0) is 16.5. The maximum Gasteiger partial charge on any atom is 0.273 e. The number of nitro groups is 1. The van der Waals surface area contributed by atoms with Gasteiger partial charge in [-0.2, -0.15) is 0 Å². The van der Waals surface area contributed by atoms with Crippen molar-refractivity contribution in [2.45, 2.75) is 20.3 Å². The summed E-state index contributed by atoms with van der Waals surface area (Å²) in [6, 6.07) is 4.35. The van der Waals surface area contributed by atoms with E-state index in [-0.39, 0.29) is 16.4 Å². The third-order valence-corrected chi connectivity index (χ3v) is 3.18. The van der Waals surface area contributed by atoms with Gasteiger partial charge in [0.1, 0.15) is 0 Å². The molecule has 2 N–H and O–H groups in total. The molecule has 120 valence electrons. The average molecular weight is 325 g/mol. The lowest BCUT2D eigenvalue weighted by molar-refractivity contribution is -0.385. The molecule has 0 aromatic heterocycles. The Morgan fingerprint density at radius 3 is 2.82 bits per heavy atom. The van der Waals surface area contributed by atoms with Crippen molar-refractivity contribution in [1.82, 2.24) is 10.6 Å². The third-order valence-electron chi connectivity index (χ3n) is 2.93. The normalized spacial score (nSPS) is 10.1. The quantitative estimate of drug-likeness (QED) is 0.344. The number of ether oxygens (including phenoxy) is 1. The second kappa shape index (κ2) is 9.06. The number of hydrogen-bond acceptors (Lipinski definition) is 5. The second-order valence-electron chi connectivity index (χ2n) is 4.47. The molecule has 1 amide bonds. The summed E-state index contributed by atoms with van der Waals surface area (Å²) in [7, 11) is 0. The van der Waals surface area contributed by atoms with Crippen LogP contribution in [0.15, 0.2) is 18.2 Å². The lowest BCUT2D eigenvalue weighted by atomic mass is 10.1. The van der Waals surface area contributed by atoms with Crippen LogP contribution >= 0.6 is 12.2 Å². The van der Waals surface area contributed by atoms with Crippen LogP contribution in [0.1, 0.15) is 29.3 Å². The van der Waals surface area contributed by atoms with Gasteiger partial charge in [-0.25, -0.2) is 0 Å². The van der Waals surface area contributed by atoms with Crippen LogP contribution in [0.25, 0.3) is 0 Å². The van der Waals surface area contributed by atoms with Crippen LogP contribution in [0.4, 0.5) is 5.69 Å². The number of nitrogens with one attached hydrogen (secondary N) is 2. The minimum Gasteiger partial charge on any atom is -0.382 e. The standard InChI is InChI=1S/C14H19N3O4S/c1-3-21-9-5-8-15-14(22)16-13(18)11-6-4-7-12(10(11)2)17(19)20/h4,6-7H,3,5,8-9H2,1-2H3,(H2,15,16,18,22). The summed E-state index contributed by atoms with van der Waals surface area (Å²) in [4.78, 5) is 22.5. The van der Waals surface area contributed by atoms with E-state index in [9.17, 15) is 14.9 Å². The Balaban J connectivity index is 2.57. The summed E-state index contributed by atoms with van der Waals surface area (Å²) in [5.41, 5.74) is 0.444. The van der Waals surface area contributed by atoms with Crippen molar-refractivity contribution in [3.63, 3.8) is 0 Å². The van der Waals surface area contributed by atoms with Crippen molar-refractivity contribution in [2.75, 3.05) is 19.8 Å². The lowest BCUT2D eigenvalue weighted by Gasteiger charge is -2.10. The number of thiocarbonyl (C=S) groups is 1. The van der Waals surface area contributed by atoms with Gasteiger partial charge < -0.3 is 10.1 Å². The second-order valence-corrected chi connectivity index (χ2v) is 4.88. The maximum atomic E-state index is 12.1. The Bertz CT molecular complexity index is 563. The molecular weight excluding hydrogens is 306 g/mol. The first kappa shape index (κ1) is 18.0. The lowest BCUT2D eigenvalue weighted by Crippen LogP contribution is -2.40. The molecule has 0 aliphatic carbocycles. The molecular formula is C14H19N3O4S. The molecule has 1 aromatic rings. The SMILES string of the molecule is CCOCCCNC(=S)NC(=O)c1cccc([N+](=O)[O-])c1C. The molecule has 0 atom stereocenters. The highest BCUT2D eigenvalue weighted by Gasteiger charge is 2.18. The first-order valence-corrected chi connectivity index (χ1v) is 7.29. The predicted octanol–water partition coefficient (Wildman–Crippen LogP) is 1.93. The summed E-state index contributed by atoms with van der Waals surface area (Å²) < 4.78 is 5.18. The van der Waals surface area contributed by atoms with Crippen LogP contribution in [-0.2, 0) is 4.74 Å². The molecule has 1 aromatic carbocycles. The Labute approximate surface area is 134 Å². The molecule has 0 heterocycles. The Kier molecular flexibility index (Phi) is 7.41. The molecule has 22 heavy (non-hydrogen) atoms. The number of carbonyl (C=O) groups excluding carboxylic acids is 1. The van der Waals surface area contributed by atoms with Gasteiger partial charge in [-0.05, 0) is 38.6 Å². The first-order valence-electron chi connectivity index (χ1n) is 6.88. The summed E-state index contributed by atoms with van der Waals surface area (Å²) in [6.45, 7) is 5.30. The van der Waals surface area contributed by atoms with Crippen LogP contribution in [-0.4, -0.2) is 35.7 Å². The van der Waals surface area contributed by atoms with Crippen molar-refractivity contribution in [3.05, 3.63) is 39.4 Å². The van der Waals surface area contributed by atoms with Gasteiger partial charge >= 0.3 is 0 Å². The van der Waals surface area contributed by atoms with Crippen LogP contribution in [0.3, 0.4) is 0 Å². The Morgan fingerprint density at radius 2 is 2.18 bits per heavy atom. The van der Waals surface area contributed by atoms with Crippen LogP contribution in [0.2, 0.25) is 0 Å². The number of amides is 1. The molecule has 0 spiro atoms. The van der Waals surface area contributed by atoms with Gasteiger partial charge in [-0.3, -0.25) is 20.2 Å². The van der Waals surface area contributed by atoms with Gasteiger partial charge in [0.25, 0.3) is 11.6 Å². The zero-order valence-electron chi connectivity index (χ0n) is 12.5. The van der Waals surface area contributed by atoms with Gasteiger partial charge in [0.2, 0.25) is 0 Å². The topological polar surface area (TPSA) is 93.5 Å². The van der Waals surface area contributed by atoms with E-state index >= 15 is 0 Å². The maximum absolute atomic E-state index is 12.1. The summed E-state index contributed by atoms with van der Waals surface area (Å²) in [5.74, 6) is -0.469. The van der Waals surface area contributed by atoms with Crippen molar-refractivity contribution >= 4 is 28.9 Å². The number of hydrogen-bond donors (Lipinski definition) is 2. The van der Waals surface area contributed by atoms with Gasteiger partial charge in [0.15, 0.2) is 5.11 Å². The molecule has 0 radical (unpaired) electrons. The van der Waals surface area contributed by atoms with E-state index in [2.05, 4.69) is 10.6 Å². The fourth-order valence-electron chi connectivity index (χ4n) is 1.80. The Morgan fingerprint density at radius 1 is 1.45 bits per heavy atom. The molecule has 1 rings (SSSR count). The number of rotatable bonds is 7. The highest BCUT2D eigenvalue weighted by atomic mass is 32.1. The van der Waals surface area contributed by atoms with Crippen molar-refractivity contribution in [2.24, 2.45) is 0 Å². The van der Waals surface area contributed by atoms with E-state index in [1.165, 1.54) is 25.1 Å². The Hall–Kier alpha value is -2.06. The monoisotopic (exact) mass is 325 g/mol. The third kappa shape index (κ3) is 5.38. The van der Waals surface area contributed by atoms with Crippen molar-refractivity contribution in [1.29, 1.82) is 0 Å². The van der Waals surface area contributed by atoms with E-state index in [1.807, 2.05) is 6.92 Å². The van der Waals surface area contributed by atoms with E-state index in [1.54, 1.807) is 0 Å². The minimum absolute atomic E-state index is 0.0942. The molecule has 7 nitrogen and oxygen atoms in total. The average Bonchev–Trinajstić information content (AvgIpc) is 2.46. The molecule has 0 saturated heterocycles. The highest BCUT2D eigenvalue weighted by Crippen LogP contribution is 2.20. The number of nitrogens with zero attached hydrogens (tertiary/aromatic N) is 1. The van der Waals surface area contributed by atoms with Crippen LogP contribution < -0.4 is 10.6 Å². The van der Waals surface area contributed by atoms with Gasteiger partial charge in [0.05, 0.1) is 4.92 Å². The van der Waals surface area contributed by atoms with Crippen molar-refractivity contribution < 1.29 is 14.5 Å². The molecule has 0 unspecified atom stereocenters. The molecule has 0 saturated carbocycles. The molecule has 0 bridgehead atoms. The summed E-state index contributed by atoms with van der Waals surface area (Å²) in [5, 5.41) is 16.5. The van der Waals surface area contributed by atoms with Gasteiger partial charge in [0, 0.05) is 37.0 Å². The highest BCUT2D eigenvalue weighted by molar-refractivity contribution is 7.80. The van der Waals surface area contributed by atoms with E-state index in [4.69, 9.17) is 17.0 Å². The van der Waals surface area contributed by atoms with Crippen molar-refractivity contribution in [3.8, 4) is 0 Å². The molecule has 0 aliphatic rings. The minimum atomic E-state index is -0.517. The van der Waals surface area contributed by atoms with Crippen LogP contribution in [0, 0.1) is 17.0 Å². The molecule has 0 aliphatic heterocycles. The van der Waals surface area contributed by atoms with E-state index in [0.717, 1.165) is 6.42 Å². The summed E-state index contributed by atoms with van der Waals surface area (Å²) >= 11 is 5.02. The van der Waals surface area contributed by atoms with Crippen LogP contribution in [0.5, 0.6) is 0 Å². The van der Waals surface area contributed by atoms with Gasteiger partial charge in [-0.1, -0.05) is 6.07 Å². The van der Waals surface area contributed by atoms with E-state index < -0.39 is 10.8 Å². The fraction of sp³-hybridized carbons (Fsp3) is 0.429. The van der Waals surface area contributed by atoms with E-state index in [0.29, 0.717) is 25.3 Å². The largest absolute Gasteiger partial charge is 0.382 e. The number of benzene rings is 1. The molecule has 8 heteroatoms. The zero-order valence-corrected chi connectivity index (χ0v) is 13.4. The predicted molar refractivity (Wildman–Crippen MR) is 87.0 cm³/mol. The fourth-order valence-corrected chi connectivity index (χ4v) is 2.00. The molecule has 0 fully saturated rings. The summed E-state index contributed by atoms with van der Waals surface area (Å²) in [6.07, 6.45) is 0.764. The smallest absolute Gasteiger partial charge is 0.273 e. The number of carbonyl (C=O) groups is 1.